The maximum atomic E-state index is 9.81. The second-order valence-electron chi connectivity index (χ2n) is 5.39. The fourth-order valence-corrected chi connectivity index (χ4v) is 1.41. The second kappa shape index (κ2) is 3.30. The lowest BCUT2D eigenvalue weighted by Gasteiger charge is -2.39. The van der Waals surface area contributed by atoms with Crippen molar-refractivity contribution in [1.29, 1.82) is 0 Å². The van der Waals surface area contributed by atoms with Crippen LogP contribution in [0.4, 0.5) is 0 Å². The van der Waals surface area contributed by atoms with E-state index in [9.17, 15) is 5.11 Å². The minimum Gasteiger partial charge on any atom is -0.508 e. The summed E-state index contributed by atoms with van der Waals surface area (Å²) >= 11 is 0. The zero-order valence-electron chi connectivity index (χ0n) is 9.76. The number of hydrogen-bond donors (Lipinski definition) is 1. The second-order valence-corrected chi connectivity index (χ2v) is 5.39. The average molecular weight is 192 g/mol. The van der Waals surface area contributed by atoms with Crippen molar-refractivity contribution in [1.82, 2.24) is 0 Å². The van der Waals surface area contributed by atoms with Crippen LogP contribution in [0.2, 0.25) is 0 Å². The van der Waals surface area contributed by atoms with E-state index in [-0.39, 0.29) is 10.8 Å². The first-order chi connectivity index (χ1) is 6.27. The highest BCUT2D eigenvalue weighted by molar-refractivity contribution is 5.38. The fourth-order valence-electron chi connectivity index (χ4n) is 1.41. The largest absolute Gasteiger partial charge is 0.508 e. The molecule has 0 aliphatic carbocycles. The van der Waals surface area contributed by atoms with Crippen molar-refractivity contribution in [3.63, 3.8) is 0 Å². The van der Waals surface area contributed by atoms with Crippen molar-refractivity contribution < 1.29 is 5.11 Å². The van der Waals surface area contributed by atoms with Crippen LogP contribution in [0.3, 0.4) is 0 Å². The Hall–Kier alpha value is -0.980. The third-order valence-electron chi connectivity index (χ3n) is 3.45. The summed E-state index contributed by atoms with van der Waals surface area (Å²) in [4.78, 5) is 0. The minimum absolute atomic E-state index is 0.0294. The van der Waals surface area contributed by atoms with Crippen LogP contribution < -0.4 is 0 Å². The monoisotopic (exact) mass is 192 g/mol. The van der Waals surface area contributed by atoms with Gasteiger partial charge in [-0.15, -0.1) is 0 Å². The molecule has 0 saturated heterocycles. The molecule has 1 aromatic carbocycles. The van der Waals surface area contributed by atoms with Gasteiger partial charge in [-0.2, -0.15) is 0 Å². The number of benzene rings is 1. The summed E-state index contributed by atoms with van der Waals surface area (Å²) in [5, 5.41) is 9.81. The van der Waals surface area contributed by atoms with E-state index in [1.807, 2.05) is 18.2 Å². The lowest BCUT2D eigenvalue weighted by molar-refractivity contribution is 0.219. The highest BCUT2D eigenvalue weighted by Crippen LogP contribution is 2.43. The maximum Gasteiger partial charge on any atom is 0.119 e. The number of phenols is 1. The lowest BCUT2D eigenvalue weighted by atomic mass is 9.65. The molecule has 0 radical (unpaired) electrons. The smallest absolute Gasteiger partial charge is 0.119 e. The number of rotatable bonds is 1. The van der Waals surface area contributed by atoms with Crippen molar-refractivity contribution in [2.75, 3.05) is 0 Å². The van der Waals surface area contributed by atoms with Crippen LogP contribution in [0, 0.1) is 5.41 Å². The summed E-state index contributed by atoms with van der Waals surface area (Å²) in [6, 6.07) is 7.59. The van der Waals surface area contributed by atoms with Gasteiger partial charge in [-0.1, -0.05) is 52.8 Å². The van der Waals surface area contributed by atoms with Gasteiger partial charge in [0.15, 0.2) is 0 Å². The Balaban J connectivity index is 3.23. The Morgan fingerprint density at radius 2 is 1.43 bits per heavy atom. The van der Waals surface area contributed by atoms with E-state index < -0.39 is 0 Å². The summed E-state index contributed by atoms with van der Waals surface area (Å²) in [6.07, 6.45) is 0. The highest BCUT2D eigenvalue weighted by Gasteiger charge is 2.35. The molecule has 0 amide bonds. The SMILES string of the molecule is CC(C)(C)C(C)(C)c1ccccc1O. The van der Waals surface area contributed by atoms with Gasteiger partial charge in [0.2, 0.25) is 0 Å². The summed E-state index contributed by atoms with van der Waals surface area (Å²) in [5.74, 6) is 0.396. The third kappa shape index (κ3) is 1.77. The number of hydrogen-bond acceptors (Lipinski definition) is 1. The van der Waals surface area contributed by atoms with Gasteiger partial charge in [-0.25, -0.2) is 0 Å². The van der Waals surface area contributed by atoms with E-state index >= 15 is 0 Å². The highest BCUT2D eigenvalue weighted by atomic mass is 16.3. The van der Waals surface area contributed by atoms with E-state index in [1.54, 1.807) is 6.07 Å². The minimum atomic E-state index is -0.0294. The zero-order valence-corrected chi connectivity index (χ0v) is 9.76. The Morgan fingerprint density at radius 3 is 1.86 bits per heavy atom. The molecule has 1 N–H and O–H groups in total. The van der Waals surface area contributed by atoms with Crippen molar-refractivity contribution >= 4 is 0 Å². The lowest BCUT2D eigenvalue weighted by Crippen LogP contribution is -2.33. The van der Waals surface area contributed by atoms with Gasteiger partial charge in [0, 0.05) is 5.56 Å². The molecule has 0 aromatic heterocycles. The van der Waals surface area contributed by atoms with Gasteiger partial charge in [0.05, 0.1) is 0 Å². The van der Waals surface area contributed by atoms with Gasteiger partial charge in [-0.3, -0.25) is 0 Å². The summed E-state index contributed by atoms with van der Waals surface area (Å²) in [6.45, 7) is 10.9. The number of phenolic OH excluding ortho intramolecular Hbond substituents is 1. The molecule has 0 saturated carbocycles. The summed E-state index contributed by atoms with van der Waals surface area (Å²) in [5.41, 5.74) is 1.12. The van der Waals surface area contributed by atoms with E-state index in [0.29, 0.717) is 5.75 Å². The molecular weight excluding hydrogens is 172 g/mol. The molecule has 0 aliphatic heterocycles. The first-order valence-corrected chi connectivity index (χ1v) is 5.05. The van der Waals surface area contributed by atoms with Crippen LogP contribution in [0.1, 0.15) is 40.2 Å². The molecule has 1 aromatic rings. The van der Waals surface area contributed by atoms with Gasteiger partial charge >= 0.3 is 0 Å². The molecule has 14 heavy (non-hydrogen) atoms. The fraction of sp³-hybridized carbons (Fsp3) is 0.538. The maximum absolute atomic E-state index is 9.81. The number of aromatic hydroxyl groups is 1. The van der Waals surface area contributed by atoms with E-state index in [2.05, 4.69) is 34.6 Å². The van der Waals surface area contributed by atoms with Crippen LogP contribution in [-0.4, -0.2) is 5.11 Å². The van der Waals surface area contributed by atoms with E-state index in [0.717, 1.165) is 5.56 Å². The van der Waals surface area contributed by atoms with Crippen molar-refractivity contribution in [2.45, 2.75) is 40.0 Å². The molecule has 1 rings (SSSR count). The Morgan fingerprint density at radius 1 is 0.929 bits per heavy atom. The molecule has 0 atom stereocenters. The Bertz CT molecular complexity index is 318. The van der Waals surface area contributed by atoms with Gasteiger partial charge < -0.3 is 5.11 Å². The number of para-hydroxylation sites is 1. The van der Waals surface area contributed by atoms with Gasteiger partial charge in [0.1, 0.15) is 5.75 Å². The zero-order chi connectivity index (χ0) is 11.0. The predicted octanol–water partition coefficient (Wildman–Crippen LogP) is 3.72. The first-order valence-electron chi connectivity index (χ1n) is 5.05. The van der Waals surface area contributed by atoms with Crippen molar-refractivity contribution in [3.8, 4) is 5.75 Å². The molecule has 78 valence electrons. The quantitative estimate of drug-likeness (QED) is 0.719. The van der Waals surface area contributed by atoms with Crippen LogP contribution in [0.15, 0.2) is 24.3 Å². The molecular formula is C13H20O. The molecule has 0 heterocycles. The topological polar surface area (TPSA) is 20.2 Å². The standard InChI is InChI=1S/C13H20O/c1-12(2,3)13(4,5)10-8-6-7-9-11(10)14/h6-9,14H,1-5H3. The van der Waals surface area contributed by atoms with Gasteiger partial charge in [0.25, 0.3) is 0 Å². The van der Waals surface area contributed by atoms with Crippen molar-refractivity contribution in [3.05, 3.63) is 29.8 Å². The summed E-state index contributed by atoms with van der Waals surface area (Å²) < 4.78 is 0. The molecule has 0 aliphatic rings. The van der Waals surface area contributed by atoms with Crippen LogP contribution >= 0.6 is 0 Å². The molecule has 0 bridgehead atoms. The summed E-state index contributed by atoms with van der Waals surface area (Å²) in [7, 11) is 0. The predicted molar refractivity (Wildman–Crippen MR) is 60.6 cm³/mol. The third-order valence-corrected chi connectivity index (χ3v) is 3.45. The first kappa shape index (κ1) is 11.1. The molecule has 0 fully saturated rings. The molecule has 1 nitrogen and oxygen atoms in total. The van der Waals surface area contributed by atoms with E-state index in [4.69, 9.17) is 0 Å². The Labute approximate surface area is 86.8 Å². The van der Waals surface area contributed by atoms with Crippen LogP contribution in [0.25, 0.3) is 0 Å². The van der Waals surface area contributed by atoms with E-state index in [1.165, 1.54) is 0 Å². The molecule has 0 spiro atoms. The molecule has 1 heteroatoms. The normalized spacial score (nSPS) is 12.9. The average Bonchev–Trinajstić information content (AvgIpc) is 2.02. The van der Waals surface area contributed by atoms with Gasteiger partial charge in [-0.05, 0) is 16.9 Å². The Kier molecular flexibility index (Phi) is 2.62. The molecule has 0 unspecified atom stereocenters. The van der Waals surface area contributed by atoms with Crippen LogP contribution in [-0.2, 0) is 5.41 Å². The van der Waals surface area contributed by atoms with Crippen LogP contribution in [0.5, 0.6) is 5.75 Å². The van der Waals surface area contributed by atoms with Crippen molar-refractivity contribution in [2.24, 2.45) is 5.41 Å².